The molecule has 2 amide bonds. The molecular weight excluding hydrogens is 453 g/mol. The highest BCUT2D eigenvalue weighted by molar-refractivity contribution is 5.89. The average molecular weight is 488 g/mol. The first kappa shape index (κ1) is 24.5. The van der Waals surface area contributed by atoms with E-state index in [2.05, 4.69) is 65.7 Å². The number of hydrogen-bond donors (Lipinski definition) is 1. The number of nitrogens with zero attached hydrogens (tertiary/aromatic N) is 2. The highest BCUT2D eigenvalue weighted by Crippen LogP contribution is 2.42. The number of rotatable bonds is 5. The maximum absolute atomic E-state index is 13.6. The Kier molecular flexibility index (Phi) is 7.35. The van der Waals surface area contributed by atoms with Crippen LogP contribution in [0.3, 0.4) is 0 Å². The van der Waals surface area contributed by atoms with Crippen molar-refractivity contribution in [1.29, 1.82) is 0 Å². The minimum absolute atomic E-state index is 0.175. The van der Waals surface area contributed by atoms with E-state index in [1.165, 1.54) is 34.4 Å². The molecule has 0 aromatic heterocycles. The molecule has 2 fully saturated rings. The number of aryl methyl sites for hydroxylation is 1. The number of urea groups is 1. The third kappa shape index (κ3) is 5.01. The number of carbonyl (C=O) groups excluding carboxylic acids is 1. The number of anilines is 1. The maximum atomic E-state index is 13.6. The fraction of sp³-hybridized carbons (Fsp3) is 0.367. The number of methoxy groups -OCH3 is 1. The van der Waals surface area contributed by atoms with Gasteiger partial charge in [0, 0.05) is 43.9 Å². The van der Waals surface area contributed by atoms with Crippen LogP contribution in [-0.4, -0.2) is 61.3 Å². The van der Waals surface area contributed by atoms with E-state index in [0.29, 0.717) is 25.4 Å². The van der Waals surface area contributed by atoms with Gasteiger partial charge in [-0.05, 0) is 66.8 Å². The molecule has 2 aliphatic rings. The Balaban J connectivity index is 1.37. The molecule has 3 aromatic rings. The summed E-state index contributed by atoms with van der Waals surface area (Å²) in [5.74, 6) is -0.0827. The third-order valence-corrected chi connectivity index (χ3v) is 7.64. The number of nitrogens with one attached hydrogen (secondary N) is 1. The largest absolute Gasteiger partial charge is 0.383 e. The van der Waals surface area contributed by atoms with Crippen molar-refractivity contribution >= 4 is 11.7 Å². The Morgan fingerprint density at radius 3 is 2.56 bits per heavy atom. The first-order chi connectivity index (χ1) is 17.5. The first-order valence-corrected chi connectivity index (χ1v) is 12.8. The molecule has 2 aliphatic heterocycles. The molecular formula is C30H34FN3O2. The molecule has 3 aromatic carbocycles. The fourth-order valence-electron chi connectivity index (χ4n) is 5.83. The second kappa shape index (κ2) is 10.8. The second-order valence-electron chi connectivity index (χ2n) is 9.88. The van der Waals surface area contributed by atoms with Gasteiger partial charge in [-0.2, -0.15) is 0 Å². The molecule has 5 nitrogen and oxygen atoms in total. The number of hydrogen-bond acceptors (Lipinski definition) is 3. The summed E-state index contributed by atoms with van der Waals surface area (Å²) >= 11 is 0. The molecule has 2 heterocycles. The minimum atomic E-state index is -0.359. The quantitative estimate of drug-likeness (QED) is 0.487. The van der Waals surface area contributed by atoms with Crippen molar-refractivity contribution in [1.82, 2.24) is 9.80 Å². The Labute approximate surface area is 212 Å². The van der Waals surface area contributed by atoms with Crippen molar-refractivity contribution in [2.24, 2.45) is 0 Å². The van der Waals surface area contributed by atoms with Gasteiger partial charge >= 0.3 is 6.03 Å². The van der Waals surface area contributed by atoms with E-state index in [9.17, 15) is 9.18 Å². The van der Waals surface area contributed by atoms with Crippen LogP contribution in [0, 0.1) is 12.7 Å². The van der Waals surface area contributed by atoms with E-state index in [4.69, 9.17) is 4.74 Å². The minimum Gasteiger partial charge on any atom is -0.383 e. The zero-order valence-electron chi connectivity index (χ0n) is 21.0. The molecule has 1 N–H and O–H groups in total. The van der Waals surface area contributed by atoms with E-state index >= 15 is 0 Å². The van der Waals surface area contributed by atoms with E-state index in [1.807, 2.05) is 4.90 Å². The van der Waals surface area contributed by atoms with Gasteiger partial charge in [0.05, 0.1) is 6.61 Å². The molecule has 0 bridgehead atoms. The van der Waals surface area contributed by atoms with Crippen LogP contribution < -0.4 is 5.32 Å². The van der Waals surface area contributed by atoms with E-state index in [1.54, 1.807) is 19.2 Å². The summed E-state index contributed by atoms with van der Waals surface area (Å²) in [6, 6.07) is 23.7. The molecule has 36 heavy (non-hydrogen) atoms. The molecule has 6 heteroatoms. The lowest BCUT2D eigenvalue weighted by molar-refractivity contribution is -0.0663. The zero-order chi connectivity index (χ0) is 25.1. The van der Waals surface area contributed by atoms with Crippen LogP contribution in [0.2, 0.25) is 0 Å². The summed E-state index contributed by atoms with van der Waals surface area (Å²) in [7, 11) is 1.76. The van der Waals surface area contributed by atoms with Crippen LogP contribution in [0.4, 0.5) is 14.9 Å². The summed E-state index contributed by atoms with van der Waals surface area (Å²) in [6.45, 7) is 5.14. The van der Waals surface area contributed by atoms with Crippen molar-refractivity contribution in [2.75, 3.05) is 38.7 Å². The van der Waals surface area contributed by atoms with Gasteiger partial charge in [-0.3, -0.25) is 4.90 Å². The van der Waals surface area contributed by atoms with Gasteiger partial charge < -0.3 is 15.0 Å². The van der Waals surface area contributed by atoms with Crippen molar-refractivity contribution in [3.05, 3.63) is 89.7 Å². The Morgan fingerprint density at radius 2 is 1.81 bits per heavy atom. The van der Waals surface area contributed by atoms with Gasteiger partial charge in [-0.25, -0.2) is 9.18 Å². The molecule has 0 spiro atoms. The Bertz CT molecular complexity index is 1200. The standard InChI is InChI=1S/C30H34FN3O2/c1-21-8-3-4-11-26(21)22-12-14-23(15-13-22)29-27-19-33(16-5-6-17-34(27)28(29)20-36-2)30(35)32-25-10-7-9-24(31)18-25/h3-4,7-15,18,27-29H,5-6,16-17,19-20H2,1-2H3,(H,32,35)/t27-,28+,29+/m0/s1. The van der Waals surface area contributed by atoms with Gasteiger partial charge in [0.2, 0.25) is 0 Å². The molecule has 0 saturated carbocycles. The smallest absolute Gasteiger partial charge is 0.321 e. The molecule has 0 radical (unpaired) electrons. The predicted molar refractivity (Wildman–Crippen MR) is 142 cm³/mol. The predicted octanol–water partition coefficient (Wildman–Crippen LogP) is 5.91. The third-order valence-electron chi connectivity index (χ3n) is 7.64. The summed E-state index contributed by atoms with van der Waals surface area (Å²) in [5, 5.41) is 2.89. The van der Waals surface area contributed by atoms with E-state index in [-0.39, 0.29) is 29.8 Å². The van der Waals surface area contributed by atoms with Crippen molar-refractivity contribution in [3.8, 4) is 11.1 Å². The highest BCUT2D eigenvalue weighted by Gasteiger charge is 2.49. The van der Waals surface area contributed by atoms with Crippen molar-refractivity contribution in [3.63, 3.8) is 0 Å². The van der Waals surface area contributed by atoms with Crippen molar-refractivity contribution in [2.45, 2.75) is 37.8 Å². The molecule has 5 rings (SSSR count). The van der Waals surface area contributed by atoms with Crippen molar-refractivity contribution < 1.29 is 13.9 Å². The second-order valence-corrected chi connectivity index (χ2v) is 9.88. The van der Waals surface area contributed by atoms with Crippen LogP contribution in [0.1, 0.15) is 29.9 Å². The van der Waals surface area contributed by atoms with Gasteiger partial charge in [0.25, 0.3) is 0 Å². The van der Waals surface area contributed by atoms with Gasteiger partial charge in [0.15, 0.2) is 0 Å². The van der Waals surface area contributed by atoms with E-state index < -0.39 is 0 Å². The Hall–Kier alpha value is -3.22. The topological polar surface area (TPSA) is 44.8 Å². The lowest BCUT2D eigenvalue weighted by Crippen LogP contribution is -2.68. The highest BCUT2D eigenvalue weighted by atomic mass is 19.1. The lowest BCUT2D eigenvalue weighted by atomic mass is 9.74. The van der Waals surface area contributed by atoms with Crippen LogP contribution in [0.25, 0.3) is 11.1 Å². The molecule has 3 atom stereocenters. The molecule has 188 valence electrons. The van der Waals surface area contributed by atoms with Crippen LogP contribution >= 0.6 is 0 Å². The SMILES string of the molecule is COC[C@@H]1[C@H](c2ccc(-c3ccccc3C)cc2)[C@@H]2CN(C(=O)Nc3cccc(F)c3)CCCCN12. The maximum Gasteiger partial charge on any atom is 0.321 e. The first-order valence-electron chi connectivity index (χ1n) is 12.8. The van der Waals surface area contributed by atoms with Gasteiger partial charge in [0.1, 0.15) is 5.82 Å². The normalized spacial score (nSPS) is 22.2. The molecule has 0 aliphatic carbocycles. The zero-order valence-corrected chi connectivity index (χ0v) is 21.0. The summed E-state index contributed by atoms with van der Waals surface area (Å²) in [5.41, 5.74) is 5.48. The number of ether oxygens (including phenoxy) is 1. The number of benzene rings is 3. The fourth-order valence-corrected chi connectivity index (χ4v) is 5.83. The molecule has 0 unspecified atom stereocenters. The average Bonchev–Trinajstić information content (AvgIpc) is 2.86. The number of halogens is 1. The summed E-state index contributed by atoms with van der Waals surface area (Å²) in [6.07, 6.45) is 1.97. The lowest BCUT2D eigenvalue weighted by Gasteiger charge is -2.57. The summed E-state index contributed by atoms with van der Waals surface area (Å²) in [4.78, 5) is 17.5. The van der Waals surface area contributed by atoms with E-state index in [0.717, 1.165) is 19.4 Å². The molecule has 2 saturated heterocycles. The van der Waals surface area contributed by atoms with Crippen LogP contribution in [0.5, 0.6) is 0 Å². The number of carbonyl (C=O) groups is 1. The van der Waals surface area contributed by atoms with Gasteiger partial charge in [-0.15, -0.1) is 0 Å². The monoisotopic (exact) mass is 487 g/mol. The van der Waals surface area contributed by atoms with Crippen LogP contribution in [0.15, 0.2) is 72.8 Å². The van der Waals surface area contributed by atoms with Crippen LogP contribution in [-0.2, 0) is 4.74 Å². The number of amides is 2. The number of fused-ring (bicyclic) bond motifs is 1. The summed E-state index contributed by atoms with van der Waals surface area (Å²) < 4.78 is 19.3. The Morgan fingerprint density at radius 1 is 1.03 bits per heavy atom. The van der Waals surface area contributed by atoms with Gasteiger partial charge in [-0.1, -0.05) is 54.6 Å².